The molecule has 0 spiro atoms. The molecule has 0 aliphatic carbocycles. The van der Waals surface area contributed by atoms with E-state index in [2.05, 4.69) is 10.3 Å². The SMILES string of the molecule is Cc1ccccc1-c1c(C(=O)O)nnn1CCCC(=O)O. The molecule has 0 amide bonds. The van der Waals surface area contributed by atoms with Crippen molar-refractivity contribution in [3.05, 3.63) is 35.5 Å². The molecular weight excluding hydrogens is 274 g/mol. The number of hydrogen-bond acceptors (Lipinski definition) is 4. The minimum absolute atomic E-state index is 0.00449. The molecule has 21 heavy (non-hydrogen) atoms. The molecule has 0 radical (unpaired) electrons. The predicted octanol–water partition coefficient (Wildman–Crippen LogP) is 1.82. The Balaban J connectivity index is 2.41. The third-order valence-corrected chi connectivity index (χ3v) is 3.10. The van der Waals surface area contributed by atoms with E-state index in [0.29, 0.717) is 18.7 Å². The van der Waals surface area contributed by atoms with Gasteiger partial charge in [0.15, 0.2) is 5.69 Å². The highest BCUT2D eigenvalue weighted by Crippen LogP contribution is 2.26. The third kappa shape index (κ3) is 3.25. The molecule has 0 saturated carbocycles. The van der Waals surface area contributed by atoms with Crippen molar-refractivity contribution in [2.24, 2.45) is 0 Å². The predicted molar refractivity (Wildman–Crippen MR) is 74.0 cm³/mol. The van der Waals surface area contributed by atoms with Crippen molar-refractivity contribution < 1.29 is 19.8 Å². The Morgan fingerprint density at radius 1 is 1.24 bits per heavy atom. The van der Waals surface area contributed by atoms with Crippen LogP contribution in [0.1, 0.15) is 28.9 Å². The molecule has 0 bridgehead atoms. The summed E-state index contributed by atoms with van der Waals surface area (Å²) >= 11 is 0. The van der Waals surface area contributed by atoms with Crippen LogP contribution in [0.4, 0.5) is 0 Å². The van der Waals surface area contributed by atoms with Gasteiger partial charge in [0.2, 0.25) is 0 Å². The summed E-state index contributed by atoms with van der Waals surface area (Å²) in [5.74, 6) is -2.05. The number of nitrogens with zero attached hydrogens (tertiary/aromatic N) is 3. The Kier molecular flexibility index (Phi) is 4.32. The van der Waals surface area contributed by atoms with Crippen molar-refractivity contribution in [3.8, 4) is 11.3 Å². The number of carboxylic acids is 2. The van der Waals surface area contributed by atoms with Crippen molar-refractivity contribution in [1.29, 1.82) is 0 Å². The lowest BCUT2D eigenvalue weighted by atomic mass is 10.0. The van der Waals surface area contributed by atoms with E-state index in [4.69, 9.17) is 5.11 Å². The summed E-state index contributed by atoms with van der Waals surface area (Å²) in [6, 6.07) is 7.34. The maximum Gasteiger partial charge on any atom is 0.358 e. The minimum Gasteiger partial charge on any atom is -0.481 e. The van der Waals surface area contributed by atoms with Crippen molar-refractivity contribution in [3.63, 3.8) is 0 Å². The van der Waals surface area contributed by atoms with Crippen LogP contribution >= 0.6 is 0 Å². The quantitative estimate of drug-likeness (QED) is 0.840. The van der Waals surface area contributed by atoms with Gasteiger partial charge in [-0.3, -0.25) is 4.79 Å². The lowest BCUT2D eigenvalue weighted by molar-refractivity contribution is -0.137. The summed E-state index contributed by atoms with van der Waals surface area (Å²) < 4.78 is 1.45. The molecule has 1 aromatic carbocycles. The van der Waals surface area contributed by atoms with Crippen LogP contribution in [-0.4, -0.2) is 37.1 Å². The fourth-order valence-corrected chi connectivity index (χ4v) is 2.10. The molecule has 2 aromatic rings. The molecule has 0 aliphatic heterocycles. The maximum atomic E-state index is 11.3. The first-order chi connectivity index (χ1) is 10.0. The van der Waals surface area contributed by atoms with Crippen LogP contribution in [-0.2, 0) is 11.3 Å². The van der Waals surface area contributed by atoms with Gasteiger partial charge in [-0.1, -0.05) is 29.5 Å². The van der Waals surface area contributed by atoms with E-state index < -0.39 is 11.9 Å². The van der Waals surface area contributed by atoms with E-state index in [-0.39, 0.29) is 12.1 Å². The van der Waals surface area contributed by atoms with E-state index in [1.54, 1.807) is 6.07 Å². The zero-order valence-corrected chi connectivity index (χ0v) is 11.5. The second-order valence-electron chi connectivity index (χ2n) is 4.63. The van der Waals surface area contributed by atoms with Gasteiger partial charge >= 0.3 is 11.9 Å². The zero-order valence-electron chi connectivity index (χ0n) is 11.5. The molecule has 110 valence electrons. The van der Waals surface area contributed by atoms with Gasteiger partial charge in [0.1, 0.15) is 5.69 Å². The first-order valence-electron chi connectivity index (χ1n) is 6.45. The number of aliphatic carboxylic acids is 1. The van der Waals surface area contributed by atoms with Gasteiger partial charge in [-0.2, -0.15) is 0 Å². The summed E-state index contributed by atoms with van der Waals surface area (Å²) in [4.78, 5) is 21.9. The van der Waals surface area contributed by atoms with Crippen molar-refractivity contribution in [1.82, 2.24) is 15.0 Å². The van der Waals surface area contributed by atoms with Gasteiger partial charge in [-0.05, 0) is 18.9 Å². The number of aryl methyl sites for hydroxylation is 2. The van der Waals surface area contributed by atoms with Gasteiger partial charge in [-0.25, -0.2) is 9.48 Å². The Hall–Kier alpha value is -2.70. The second-order valence-corrected chi connectivity index (χ2v) is 4.63. The third-order valence-electron chi connectivity index (χ3n) is 3.10. The van der Waals surface area contributed by atoms with Crippen LogP contribution in [0.3, 0.4) is 0 Å². The van der Waals surface area contributed by atoms with E-state index in [1.165, 1.54) is 4.68 Å². The molecule has 0 atom stereocenters. The van der Waals surface area contributed by atoms with E-state index >= 15 is 0 Å². The largest absolute Gasteiger partial charge is 0.481 e. The van der Waals surface area contributed by atoms with Gasteiger partial charge in [0.05, 0.1) is 0 Å². The number of aromatic nitrogens is 3. The van der Waals surface area contributed by atoms with E-state index in [0.717, 1.165) is 11.1 Å². The number of hydrogen-bond donors (Lipinski definition) is 2. The molecule has 0 saturated heterocycles. The molecule has 7 nitrogen and oxygen atoms in total. The number of carbonyl (C=O) groups is 2. The average Bonchev–Trinajstić information content (AvgIpc) is 2.83. The topological polar surface area (TPSA) is 105 Å². The number of benzene rings is 1. The Morgan fingerprint density at radius 2 is 1.95 bits per heavy atom. The van der Waals surface area contributed by atoms with Crippen LogP contribution in [0.15, 0.2) is 24.3 Å². The fourth-order valence-electron chi connectivity index (χ4n) is 2.10. The highest BCUT2D eigenvalue weighted by atomic mass is 16.4. The van der Waals surface area contributed by atoms with Crippen LogP contribution in [0, 0.1) is 6.92 Å². The number of carboxylic acid groups (broad SMARTS) is 2. The summed E-state index contributed by atoms with van der Waals surface area (Å²) in [5.41, 5.74) is 1.92. The second kappa shape index (κ2) is 6.17. The fraction of sp³-hybridized carbons (Fsp3) is 0.286. The maximum absolute atomic E-state index is 11.3. The normalized spacial score (nSPS) is 10.5. The highest BCUT2D eigenvalue weighted by molar-refractivity contribution is 5.93. The average molecular weight is 289 g/mol. The monoisotopic (exact) mass is 289 g/mol. The Labute approximate surface area is 120 Å². The van der Waals surface area contributed by atoms with E-state index in [9.17, 15) is 14.7 Å². The standard InChI is InChI=1S/C14H15N3O4/c1-9-5-2-3-6-10(9)13-12(14(20)21)15-16-17(13)8-4-7-11(18)19/h2-3,5-6H,4,7-8H2,1H3,(H,18,19)(H,20,21). The van der Waals surface area contributed by atoms with Crippen LogP contribution < -0.4 is 0 Å². The van der Waals surface area contributed by atoms with Crippen molar-refractivity contribution in [2.75, 3.05) is 0 Å². The molecule has 2 N–H and O–H groups in total. The highest BCUT2D eigenvalue weighted by Gasteiger charge is 2.21. The first kappa shape index (κ1) is 14.7. The minimum atomic E-state index is -1.15. The van der Waals surface area contributed by atoms with Crippen molar-refractivity contribution in [2.45, 2.75) is 26.3 Å². The zero-order chi connectivity index (χ0) is 15.4. The van der Waals surface area contributed by atoms with Crippen LogP contribution in [0.5, 0.6) is 0 Å². The van der Waals surface area contributed by atoms with Crippen LogP contribution in [0.25, 0.3) is 11.3 Å². The molecule has 1 heterocycles. The Bertz CT molecular complexity index is 679. The molecule has 2 rings (SSSR count). The number of rotatable bonds is 6. The van der Waals surface area contributed by atoms with Gasteiger partial charge in [0, 0.05) is 18.5 Å². The van der Waals surface area contributed by atoms with Crippen molar-refractivity contribution >= 4 is 11.9 Å². The lowest BCUT2D eigenvalue weighted by Gasteiger charge is -2.09. The molecule has 0 fully saturated rings. The smallest absolute Gasteiger partial charge is 0.358 e. The molecular formula is C14H15N3O4. The van der Waals surface area contributed by atoms with E-state index in [1.807, 2.05) is 25.1 Å². The summed E-state index contributed by atoms with van der Waals surface area (Å²) in [5, 5.41) is 25.5. The summed E-state index contributed by atoms with van der Waals surface area (Å²) in [7, 11) is 0. The Morgan fingerprint density at radius 3 is 2.57 bits per heavy atom. The molecule has 0 unspecified atom stereocenters. The lowest BCUT2D eigenvalue weighted by Crippen LogP contribution is -2.07. The number of aromatic carboxylic acids is 1. The summed E-state index contributed by atoms with van der Waals surface area (Å²) in [6.07, 6.45) is 0.353. The van der Waals surface area contributed by atoms with Crippen LogP contribution in [0.2, 0.25) is 0 Å². The van der Waals surface area contributed by atoms with Gasteiger partial charge in [0.25, 0.3) is 0 Å². The van der Waals surface area contributed by atoms with Gasteiger partial charge < -0.3 is 10.2 Å². The molecule has 7 heteroatoms. The molecule has 1 aromatic heterocycles. The van der Waals surface area contributed by atoms with Gasteiger partial charge in [-0.15, -0.1) is 5.10 Å². The first-order valence-corrected chi connectivity index (χ1v) is 6.45. The molecule has 0 aliphatic rings. The summed E-state index contributed by atoms with van der Waals surface area (Å²) in [6.45, 7) is 2.17.